The second-order valence-electron chi connectivity index (χ2n) is 4.51. The van der Waals surface area contributed by atoms with Gasteiger partial charge in [-0.3, -0.25) is 4.57 Å². The minimum absolute atomic E-state index is 0.323. The lowest BCUT2D eigenvalue weighted by atomic mass is 10.3. The smallest absolute Gasteiger partial charge is 0.358 e. The maximum absolute atomic E-state index is 12.0. The largest absolute Gasteiger partial charge is 0.461 e. The van der Waals surface area contributed by atoms with Crippen LogP contribution in [0.15, 0.2) is 24.1 Å². The Morgan fingerprint density at radius 3 is 3.24 bits per heavy atom. The van der Waals surface area contributed by atoms with Crippen molar-refractivity contribution in [1.82, 2.24) is 24.3 Å². The summed E-state index contributed by atoms with van der Waals surface area (Å²) in [6.07, 6.45) is 3.18. The Morgan fingerprint density at radius 1 is 1.48 bits per heavy atom. The van der Waals surface area contributed by atoms with Gasteiger partial charge >= 0.3 is 5.97 Å². The number of rotatable bonds is 2. The molecule has 0 unspecified atom stereocenters. The van der Waals surface area contributed by atoms with E-state index in [-0.39, 0.29) is 0 Å². The first-order valence-corrected chi connectivity index (χ1v) is 7.37. The number of ether oxygens (including phenoxy) is 1. The van der Waals surface area contributed by atoms with E-state index in [1.807, 2.05) is 16.0 Å². The van der Waals surface area contributed by atoms with Crippen molar-refractivity contribution in [2.75, 3.05) is 6.61 Å². The fraction of sp³-hybridized carbons (Fsp3) is 0.231. The lowest BCUT2D eigenvalue weighted by Gasteiger charge is -2.06. The van der Waals surface area contributed by atoms with Crippen LogP contribution in [0.25, 0.3) is 16.4 Å². The summed E-state index contributed by atoms with van der Waals surface area (Å²) in [6.45, 7) is 2.54. The molecule has 106 valence electrons. The van der Waals surface area contributed by atoms with Crippen LogP contribution >= 0.6 is 11.3 Å². The number of carbonyl (C=O) groups excluding carboxylic acids is 1. The first-order chi connectivity index (χ1) is 10.3. The molecule has 0 aliphatic carbocycles. The number of thiophene rings is 1. The fourth-order valence-corrected chi connectivity index (χ4v) is 3.34. The third-order valence-corrected chi connectivity index (χ3v) is 4.26. The lowest BCUT2D eigenvalue weighted by molar-refractivity contribution is 0.0518. The highest BCUT2D eigenvalue weighted by molar-refractivity contribution is 7.14. The molecule has 0 saturated carbocycles. The van der Waals surface area contributed by atoms with Crippen molar-refractivity contribution in [1.29, 1.82) is 0 Å². The van der Waals surface area contributed by atoms with Crippen molar-refractivity contribution in [3.63, 3.8) is 0 Å². The molecule has 0 aromatic carbocycles. The van der Waals surface area contributed by atoms with Crippen molar-refractivity contribution >= 4 is 17.3 Å². The molecule has 0 atom stereocenters. The molecule has 7 nitrogen and oxygen atoms in total. The van der Waals surface area contributed by atoms with Crippen molar-refractivity contribution in [2.24, 2.45) is 0 Å². The molecule has 0 N–H and O–H groups in total. The number of aromatic nitrogens is 5. The van der Waals surface area contributed by atoms with Crippen LogP contribution in [0.1, 0.15) is 23.1 Å². The van der Waals surface area contributed by atoms with Crippen LogP contribution in [0.5, 0.6) is 0 Å². The SMILES string of the molecule is CCOC(=O)c1ncn2c1Cn1ncnc1-c1sccc1-2. The summed E-state index contributed by atoms with van der Waals surface area (Å²) in [5, 5.41) is 6.23. The van der Waals surface area contributed by atoms with E-state index in [9.17, 15) is 4.79 Å². The van der Waals surface area contributed by atoms with Gasteiger partial charge < -0.3 is 4.74 Å². The molecule has 0 radical (unpaired) electrons. The minimum Gasteiger partial charge on any atom is -0.461 e. The molecule has 4 rings (SSSR count). The van der Waals surface area contributed by atoms with Crippen LogP contribution in [0.4, 0.5) is 0 Å². The summed E-state index contributed by atoms with van der Waals surface area (Å²) >= 11 is 1.59. The number of hydrogen-bond acceptors (Lipinski definition) is 6. The van der Waals surface area contributed by atoms with Crippen molar-refractivity contribution in [3.8, 4) is 16.4 Å². The van der Waals surface area contributed by atoms with Gasteiger partial charge in [0.25, 0.3) is 0 Å². The Kier molecular flexibility index (Phi) is 2.64. The molecule has 3 aromatic rings. The van der Waals surface area contributed by atoms with E-state index < -0.39 is 5.97 Å². The molecule has 21 heavy (non-hydrogen) atoms. The molecule has 0 fully saturated rings. The number of imidazole rings is 1. The molecule has 8 heteroatoms. The van der Waals surface area contributed by atoms with Gasteiger partial charge in [-0.2, -0.15) is 5.10 Å². The molecule has 0 saturated heterocycles. The topological polar surface area (TPSA) is 74.8 Å². The molecule has 4 heterocycles. The quantitative estimate of drug-likeness (QED) is 0.527. The number of hydrogen-bond donors (Lipinski definition) is 0. The van der Waals surface area contributed by atoms with E-state index in [0.717, 1.165) is 22.1 Å². The van der Waals surface area contributed by atoms with Gasteiger partial charge in [-0.05, 0) is 18.4 Å². The molecule has 1 aliphatic heterocycles. The highest BCUT2D eigenvalue weighted by atomic mass is 32.1. The third-order valence-electron chi connectivity index (χ3n) is 3.36. The van der Waals surface area contributed by atoms with Gasteiger partial charge in [-0.25, -0.2) is 19.4 Å². The van der Waals surface area contributed by atoms with Crippen LogP contribution in [0.2, 0.25) is 0 Å². The van der Waals surface area contributed by atoms with E-state index in [2.05, 4.69) is 15.1 Å². The van der Waals surface area contributed by atoms with Crippen LogP contribution in [-0.4, -0.2) is 36.9 Å². The van der Waals surface area contributed by atoms with Gasteiger partial charge in [-0.15, -0.1) is 11.3 Å². The Bertz CT molecular complexity index is 831. The van der Waals surface area contributed by atoms with E-state index in [4.69, 9.17) is 4.74 Å². The summed E-state index contributed by atoms with van der Waals surface area (Å²) < 4.78 is 8.76. The fourth-order valence-electron chi connectivity index (χ4n) is 2.46. The number of carbonyl (C=O) groups is 1. The molecular formula is C13H11N5O2S. The molecule has 0 spiro atoms. The van der Waals surface area contributed by atoms with Gasteiger partial charge in [0, 0.05) is 0 Å². The van der Waals surface area contributed by atoms with Crippen LogP contribution < -0.4 is 0 Å². The van der Waals surface area contributed by atoms with Crippen molar-refractivity contribution in [2.45, 2.75) is 13.5 Å². The second kappa shape index (κ2) is 4.52. The van der Waals surface area contributed by atoms with Crippen molar-refractivity contribution in [3.05, 3.63) is 35.5 Å². The molecule has 0 bridgehead atoms. The third kappa shape index (κ3) is 1.72. The summed E-state index contributed by atoms with van der Waals surface area (Å²) in [7, 11) is 0. The first kappa shape index (κ1) is 12.3. The lowest BCUT2D eigenvalue weighted by Crippen LogP contribution is -2.12. The van der Waals surface area contributed by atoms with Crippen LogP contribution in [-0.2, 0) is 11.3 Å². The van der Waals surface area contributed by atoms with Gasteiger partial charge in [0.2, 0.25) is 0 Å². The average molecular weight is 301 g/mol. The van der Waals surface area contributed by atoms with E-state index in [1.165, 1.54) is 6.33 Å². The number of esters is 1. The van der Waals surface area contributed by atoms with E-state index in [0.29, 0.717) is 18.8 Å². The van der Waals surface area contributed by atoms with Crippen LogP contribution in [0, 0.1) is 0 Å². The molecular weight excluding hydrogens is 290 g/mol. The Hall–Kier alpha value is -2.48. The molecule has 0 amide bonds. The maximum Gasteiger partial charge on any atom is 0.358 e. The van der Waals surface area contributed by atoms with Crippen molar-refractivity contribution < 1.29 is 9.53 Å². The van der Waals surface area contributed by atoms with Gasteiger partial charge in [-0.1, -0.05) is 0 Å². The predicted octanol–water partition coefficient (Wildman–Crippen LogP) is 1.73. The Balaban J connectivity index is 1.94. The molecule has 3 aromatic heterocycles. The second-order valence-corrected chi connectivity index (χ2v) is 5.42. The summed E-state index contributed by atoms with van der Waals surface area (Å²) in [5.74, 6) is 0.394. The van der Waals surface area contributed by atoms with E-state index in [1.54, 1.807) is 29.3 Å². The summed E-state index contributed by atoms with van der Waals surface area (Å²) in [4.78, 5) is 21.6. The zero-order chi connectivity index (χ0) is 14.4. The first-order valence-electron chi connectivity index (χ1n) is 6.49. The zero-order valence-corrected chi connectivity index (χ0v) is 12.0. The normalized spacial score (nSPS) is 12.2. The van der Waals surface area contributed by atoms with E-state index >= 15 is 0 Å². The number of nitrogens with zero attached hydrogens (tertiary/aromatic N) is 5. The maximum atomic E-state index is 12.0. The van der Waals surface area contributed by atoms with Gasteiger partial charge in [0.1, 0.15) is 12.7 Å². The highest BCUT2D eigenvalue weighted by Crippen LogP contribution is 2.35. The zero-order valence-electron chi connectivity index (χ0n) is 11.2. The Labute approximate surface area is 123 Å². The molecule has 1 aliphatic rings. The predicted molar refractivity (Wildman–Crippen MR) is 75.5 cm³/mol. The van der Waals surface area contributed by atoms with Crippen LogP contribution in [0.3, 0.4) is 0 Å². The standard InChI is InChI=1S/C13H11N5O2S/c1-2-20-13(19)10-9-5-18-12(14-6-16-18)11-8(3-4-21-11)17(9)7-15-10/h3-4,6-7H,2,5H2,1H3. The highest BCUT2D eigenvalue weighted by Gasteiger charge is 2.27. The number of fused-ring (bicyclic) bond motifs is 5. The average Bonchev–Trinajstić information content (AvgIpc) is 3.17. The van der Waals surface area contributed by atoms with Gasteiger partial charge in [0.15, 0.2) is 11.5 Å². The monoisotopic (exact) mass is 301 g/mol. The minimum atomic E-state index is -0.411. The Morgan fingerprint density at radius 2 is 2.38 bits per heavy atom. The summed E-state index contributed by atoms with van der Waals surface area (Å²) in [5.41, 5.74) is 2.06. The van der Waals surface area contributed by atoms with Gasteiger partial charge in [0.05, 0.1) is 29.4 Å². The summed E-state index contributed by atoms with van der Waals surface area (Å²) in [6, 6.07) is 1.99.